The van der Waals surface area contributed by atoms with Crippen LogP contribution in [-0.4, -0.2) is 89.0 Å². The fourth-order valence-corrected chi connectivity index (χ4v) is 1.72. The lowest BCUT2D eigenvalue weighted by Gasteiger charge is -2.32. The van der Waals surface area contributed by atoms with Gasteiger partial charge in [0.25, 0.3) is 0 Å². The molecule has 0 spiro atoms. The Bertz CT molecular complexity index is 233. The zero-order valence-electron chi connectivity index (χ0n) is 15.5. The van der Waals surface area contributed by atoms with E-state index in [9.17, 15) is 4.79 Å². The van der Waals surface area contributed by atoms with E-state index < -0.39 is 0 Å². The lowest BCUT2D eigenvalue weighted by Crippen LogP contribution is -2.45. The van der Waals surface area contributed by atoms with Gasteiger partial charge in [-0.3, -0.25) is 9.69 Å². The van der Waals surface area contributed by atoms with Crippen LogP contribution in [0.2, 0.25) is 0 Å². The molecule has 134 valence electrons. The Kier molecular flexibility index (Phi) is 19.7. The number of nitrogens with zero attached hydrogens (tertiary/aromatic N) is 2. The van der Waals surface area contributed by atoms with E-state index in [-0.39, 0.29) is 12.5 Å². The number of carbonyl (C=O) groups is 1. The lowest BCUT2D eigenvalue weighted by molar-refractivity contribution is -0.125. The zero-order chi connectivity index (χ0) is 17.2. The third kappa shape index (κ3) is 14.3. The average molecular weight is 319 g/mol. The molecule has 1 aliphatic rings. The molecule has 0 bridgehead atoms. The molecular weight excluding hydrogens is 282 g/mol. The third-order valence-corrected chi connectivity index (χ3v) is 3.03. The first kappa shape index (κ1) is 23.6. The molecule has 0 radical (unpaired) electrons. The van der Waals surface area contributed by atoms with E-state index in [0.717, 1.165) is 39.3 Å². The number of ether oxygens (including phenoxy) is 2. The summed E-state index contributed by atoms with van der Waals surface area (Å²) >= 11 is 0. The van der Waals surface area contributed by atoms with E-state index in [1.165, 1.54) is 0 Å². The number of amides is 1. The molecule has 1 amide bonds. The van der Waals surface area contributed by atoms with Crippen LogP contribution in [0, 0.1) is 0 Å². The Balaban J connectivity index is 0. The standard InChI is InChI=1S/C12H25N3O3.2C2H6/c1-13-12(16)11-18-10-9-17-8-7-15-5-3-14(2)4-6-15;2*1-2/h3-11H2,1-2H3,(H,13,16);2*1-2H3. The van der Waals surface area contributed by atoms with Crippen molar-refractivity contribution in [3.63, 3.8) is 0 Å². The maximum absolute atomic E-state index is 10.8. The fourth-order valence-electron chi connectivity index (χ4n) is 1.72. The summed E-state index contributed by atoms with van der Waals surface area (Å²) in [5.74, 6) is -0.104. The van der Waals surface area contributed by atoms with Gasteiger partial charge in [-0.2, -0.15) is 0 Å². The first-order valence-electron chi connectivity index (χ1n) is 8.49. The van der Waals surface area contributed by atoms with Crippen molar-refractivity contribution in [3.8, 4) is 0 Å². The number of carbonyl (C=O) groups excluding carboxylic acids is 1. The topological polar surface area (TPSA) is 54.0 Å². The zero-order valence-corrected chi connectivity index (χ0v) is 15.5. The highest BCUT2D eigenvalue weighted by atomic mass is 16.5. The van der Waals surface area contributed by atoms with E-state index in [1.54, 1.807) is 7.05 Å². The molecule has 1 rings (SSSR count). The minimum absolute atomic E-state index is 0.104. The van der Waals surface area contributed by atoms with Gasteiger partial charge < -0.3 is 19.7 Å². The largest absolute Gasteiger partial charge is 0.378 e. The van der Waals surface area contributed by atoms with E-state index in [4.69, 9.17) is 9.47 Å². The quantitative estimate of drug-likeness (QED) is 0.678. The highest BCUT2D eigenvalue weighted by molar-refractivity contribution is 5.76. The molecule has 0 unspecified atom stereocenters. The normalized spacial score (nSPS) is 15.2. The minimum atomic E-state index is -0.104. The van der Waals surface area contributed by atoms with Crippen LogP contribution in [0.1, 0.15) is 27.7 Å². The molecule has 0 atom stereocenters. The summed E-state index contributed by atoms with van der Waals surface area (Å²) in [5, 5.41) is 2.50. The molecule has 22 heavy (non-hydrogen) atoms. The predicted octanol–water partition coefficient (Wildman–Crippen LogP) is 1.07. The molecule has 0 aromatic carbocycles. The van der Waals surface area contributed by atoms with Gasteiger partial charge in [0.1, 0.15) is 6.61 Å². The van der Waals surface area contributed by atoms with Gasteiger partial charge in [0.2, 0.25) is 5.91 Å². The Morgan fingerprint density at radius 3 is 2.05 bits per heavy atom. The second-order valence-corrected chi connectivity index (χ2v) is 4.48. The molecule has 1 saturated heterocycles. The molecule has 1 fully saturated rings. The van der Waals surface area contributed by atoms with Crippen LogP contribution in [0.5, 0.6) is 0 Å². The van der Waals surface area contributed by atoms with Gasteiger partial charge in [-0.15, -0.1) is 0 Å². The van der Waals surface area contributed by atoms with E-state index in [1.807, 2.05) is 27.7 Å². The lowest BCUT2D eigenvalue weighted by atomic mass is 10.3. The smallest absolute Gasteiger partial charge is 0.245 e. The first-order valence-corrected chi connectivity index (χ1v) is 8.49. The van der Waals surface area contributed by atoms with Gasteiger partial charge in [0.15, 0.2) is 0 Å². The number of piperazine rings is 1. The van der Waals surface area contributed by atoms with E-state index >= 15 is 0 Å². The van der Waals surface area contributed by atoms with Crippen molar-refractivity contribution < 1.29 is 14.3 Å². The molecule has 6 nitrogen and oxygen atoms in total. The summed E-state index contributed by atoms with van der Waals surface area (Å²) in [5.41, 5.74) is 0. The van der Waals surface area contributed by atoms with E-state index in [0.29, 0.717) is 13.2 Å². The molecule has 1 heterocycles. The number of hydrogen-bond acceptors (Lipinski definition) is 5. The second-order valence-electron chi connectivity index (χ2n) is 4.48. The Hall–Kier alpha value is -0.690. The van der Waals surface area contributed by atoms with Crippen molar-refractivity contribution >= 4 is 5.91 Å². The monoisotopic (exact) mass is 319 g/mol. The van der Waals surface area contributed by atoms with Gasteiger partial charge in [0.05, 0.1) is 19.8 Å². The van der Waals surface area contributed by atoms with Crippen molar-refractivity contribution in [3.05, 3.63) is 0 Å². The highest BCUT2D eigenvalue weighted by Crippen LogP contribution is 1.98. The number of hydrogen-bond donors (Lipinski definition) is 1. The minimum Gasteiger partial charge on any atom is -0.378 e. The van der Waals surface area contributed by atoms with Crippen molar-refractivity contribution in [1.82, 2.24) is 15.1 Å². The van der Waals surface area contributed by atoms with Crippen LogP contribution < -0.4 is 5.32 Å². The van der Waals surface area contributed by atoms with Crippen LogP contribution in [-0.2, 0) is 14.3 Å². The summed E-state index contributed by atoms with van der Waals surface area (Å²) in [6.45, 7) is 15.3. The first-order chi connectivity index (χ1) is 10.7. The number of likely N-dealkylation sites (N-methyl/N-ethyl adjacent to an activating group) is 2. The van der Waals surface area contributed by atoms with Crippen LogP contribution in [0.25, 0.3) is 0 Å². The second kappa shape index (κ2) is 18.4. The molecule has 0 aromatic heterocycles. The Morgan fingerprint density at radius 2 is 1.50 bits per heavy atom. The predicted molar refractivity (Wildman–Crippen MR) is 92.3 cm³/mol. The van der Waals surface area contributed by atoms with Gasteiger partial charge >= 0.3 is 0 Å². The SMILES string of the molecule is CC.CC.CNC(=O)COCCOCCN1CCN(C)CC1. The van der Waals surface area contributed by atoms with Crippen LogP contribution in [0.15, 0.2) is 0 Å². The molecule has 0 saturated carbocycles. The average Bonchev–Trinajstić information content (AvgIpc) is 2.59. The van der Waals surface area contributed by atoms with Crippen LogP contribution >= 0.6 is 0 Å². The maximum Gasteiger partial charge on any atom is 0.245 e. The number of nitrogens with one attached hydrogen (secondary N) is 1. The third-order valence-electron chi connectivity index (χ3n) is 3.03. The van der Waals surface area contributed by atoms with Gasteiger partial charge in [-0.25, -0.2) is 0 Å². The summed E-state index contributed by atoms with van der Waals surface area (Å²) in [7, 11) is 3.75. The van der Waals surface area contributed by atoms with Crippen LogP contribution in [0.3, 0.4) is 0 Å². The van der Waals surface area contributed by atoms with E-state index in [2.05, 4.69) is 22.2 Å². The highest BCUT2D eigenvalue weighted by Gasteiger charge is 2.12. The summed E-state index contributed by atoms with van der Waals surface area (Å²) in [4.78, 5) is 15.6. The Morgan fingerprint density at radius 1 is 0.955 bits per heavy atom. The van der Waals surface area contributed by atoms with Gasteiger partial charge in [0, 0.05) is 39.8 Å². The van der Waals surface area contributed by atoms with Crippen molar-refractivity contribution in [2.45, 2.75) is 27.7 Å². The molecule has 1 N–H and O–H groups in total. The van der Waals surface area contributed by atoms with Crippen LogP contribution in [0.4, 0.5) is 0 Å². The summed E-state index contributed by atoms with van der Waals surface area (Å²) in [6.07, 6.45) is 0. The number of rotatable bonds is 8. The van der Waals surface area contributed by atoms with Gasteiger partial charge in [-0.05, 0) is 7.05 Å². The maximum atomic E-state index is 10.8. The molecule has 0 aliphatic carbocycles. The Labute approximate surface area is 137 Å². The molecule has 1 aliphatic heterocycles. The molecule has 6 heteroatoms. The van der Waals surface area contributed by atoms with Gasteiger partial charge in [-0.1, -0.05) is 27.7 Å². The fraction of sp³-hybridized carbons (Fsp3) is 0.938. The molecular formula is C16H37N3O3. The van der Waals surface area contributed by atoms with Crippen molar-refractivity contribution in [1.29, 1.82) is 0 Å². The van der Waals surface area contributed by atoms with Crippen molar-refractivity contribution in [2.24, 2.45) is 0 Å². The van der Waals surface area contributed by atoms with Crippen molar-refractivity contribution in [2.75, 3.05) is 73.2 Å². The summed E-state index contributed by atoms with van der Waals surface area (Å²) < 4.78 is 10.6. The molecule has 0 aromatic rings. The summed E-state index contributed by atoms with van der Waals surface area (Å²) in [6, 6.07) is 0.